The van der Waals surface area contributed by atoms with Gasteiger partial charge in [-0.25, -0.2) is 0 Å². The number of rotatable bonds is 3. The Morgan fingerprint density at radius 3 is 1.67 bits per heavy atom. The highest BCUT2D eigenvalue weighted by Gasteiger charge is 2.46. The Hall–Kier alpha value is -5.10. The van der Waals surface area contributed by atoms with Gasteiger partial charge < -0.3 is 9.80 Å². The predicted molar refractivity (Wildman–Crippen MR) is 272 cm³/mol. The minimum atomic E-state index is -0.00874. The van der Waals surface area contributed by atoms with Crippen LogP contribution in [0.2, 0.25) is 0 Å². The zero-order valence-corrected chi connectivity index (χ0v) is 39.8. The summed E-state index contributed by atoms with van der Waals surface area (Å²) in [5.41, 5.74) is 21.1. The lowest BCUT2D eigenvalue weighted by atomic mass is 9.36. The summed E-state index contributed by atoms with van der Waals surface area (Å²) in [6, 6.07) is 42.8. The van der Waals surface area contributed by atoms with Crippen molar-refractivity contribution in [2.45, 2.75) is 106 Å². The molecule has 2 aromatic heterocycles. The fourth-order valence-electron chi connectivity index (χ4n) is 9.99. The molecule has 2 nitrogen and oxygen atoms in total. The minimum Gasteiger partial charge on any atom is -0.311 e. The molecule has 5 heteroatoms. The van der Waals surface area contributed by atoms with Gasteiger partial charge in [0, 0.05) is 47.2 Å². The van der Waals surface area contributed by atoms with Crippen LogP contribution >= 0.6 is 22.7 Å². The number of nitrogens with zero attached hydrogens (tertiary/aromatic N) is 2. The molecule has 0 saturated carbocycles. The van der Waals surface area contributed by atoms with E-state index in [0.29, 0.717) is 0 Å². The molecule has 0 aliphatic carbocycles. The van der Waals surface area contributed by atoms with Gasteiger partial charge in [-0.1, -0.05) is 111 Å². The number of thiophene rings is 2. The highest BCUT2D eigenvalue weighted by Crippen LogP contribution is 2.51. The summed E-state index contributed by atoms with van der Waals surface area (Å²) in [6.45, 7) is 30.3. The first-order chi connectivity index (χ1) is 28.8. The lowest BCUT2D eigenvalue weighted by Crippen LogP contribution is -2.60. The predicted octanol–water partition coefficient (Wildman–Crippen LogP) is 15.0. The summed E-state index contributed by atoms with van der Waals surface area (Å²) in [6.07, 6.45) is 0. The van der Waals surface area contributed by atoms with E-state index in [4.69, 9.17) is 0 Å². The summed E-state index contributed by atoms with van der Waals surface area (Å²) < 4.78 is 4.10. The molecule has 2 aliphatic heterocycles. The second kappa shape index (κ2) is 13.7. The molecule has 2 aliphatic rings. The van der Waals surface area contributed by atoms with Gasteiger partial charge in [-0.3, -0.25) is 0 Å². The van der Waals surface area contributed by atoms with Gasteiger partial charge in [-0.15, -0.1) is 22.7 Å². The van der Waals surface area contributed by atoms with Gasteiger partial charge in [0.1, 0.15) is 0 Å². The Morgan fingerprint density at radius 1 is 0.475 bits per heavy atom. The summed E-state index contributed by atoms with van der Waals surface area (Å²) in [7, 11) is 0. The van der Waals surface area contributed by atoms with E-state index >= 15 is 0 Å². The minimum absolute atomic E-state index is 0.00874. The summed E-state index contributed by atoms with van der Waals surface area (Å²) in [5, 5.41) is 2.65. The molecule has 61 heavy (non-hydrogen) atoms. The van der Waals surface area contributed by atoms with Crippen molar-refractivity contribution < 1.29 is 0 Å². The van der Waals surface area contributed by atoms with E-state index in [2.05, 4.69) is 209 Å². The van der Waals surface area contributed by atoms with Crippen molar-refractivity contribution in [1.82, 2.24) is 0 Å². The molecule has 0 fully saturated rings. The van der Waals surface area contributed by atoms with Crippen molar-refractivity contribution in [3.63, 3.8) is 0 Å². The van der Waals surface area contributed by atoms with Crippen molar-refractivity contribution in [2.24, 2.45) is 0 Å². The van der Waals surface area contributed by atoms with Crippen LogP contribution in [0.5, 0.6) is 0 Å². The third kappa shape index (κ3) is 6.40. The number of aryl methyl sites for hydroxylation is 4. The molecule has 8 aromatic rings. The van der Waals surface area contributed by atoms with Crippen LogP contribution in [0.4, 0.5) is 34.1 Å². The van der Waals surface area contributed by atoms with E-state index in [1.807, 2.05) is 22.7 Å². The fraction of sp³-hybridized carbons (Fsp3) is 0.286. The van der Waals surface area contributed by atoms with Gasteiger partial charge in [0.05, 0.1) is 11.4 Å². The lowest BCUT2D eigenvalue weighted by Gasteiger charge is -2.44. The summed E-state index contributed by atoms with van der Waals surface area (Å²) in [5.74, 6) is 0. The molecule has 0 saturated heterocycles. The van der Waals surface area contributed by atoms with Gasteiger partial charge >= 0.3 is 0 Å². The van der Waals surface area contributed by atoms with E-state index in [9.17, 15) is 0 Å². The second-order valence-electron chi connectivity index (χ2n) is 21.0. The molecular formula is C56H57BN2S2. The maximum atomic E-state index is 2.66. The zero-order chi connectivity index (χ0) is 43.1. The monoisotopic (exact) mass is 832 g/mol. The first-order valence-electron chi connectivity index (χ1n) is 22.0. The number of hydrogen-bond donors (Lipinski definition) is 0. The summed E-state index contributed by atoms with van der Waals surface area (Å²) in [4.78, 5) is 6.61. The Labute approximate surface area is 372 Å². The van der Waals surface area contributed by atoms with Gasteiger partial charge in [0.2, 0.25) is 0 Å². The topological polar surface area (TPSA) is 6.48 Å². The molecule has 0 unspecified atom stereocenters. The molecule has 4 heterocycles. The van der Waals surface area contributed by atoms with Gasteiger partial charge in [0.25, 0.3) is 6.71 Å². The van der Waals surface area contributed by atoms with E-state index in [1.54, 1.807) is 0 Å². The third-order valence-corrected chi connectivity index (χ3v) is 15.7. The maximum Gasteiger partial charge on any atom is 0.264 e. The third-order valence-electron chi connectivity index (χ3n) is 13.3. The first-order valence-corrected chi connectivity index (χ1v) is 23.6. The molecular weight excluding hydrogens is 776 g/mol. The first kappa shape index (κ1) is 40.0. The van der Waals surface area contributed by atoms with E-state index in [1.165, 1.54) is 119 Å². The number of fused-ring (bicyclic) bond motifs is 7. The number of anilines is 6. The quantitative estimate of drug-likeness (QED) is 0.164. The molecule has 306 valence electrons. The van der Waals surface area contributed by atoms with E-state index < -0.39 is 0 Å². The van der Waals surface area contributed by atoms with Crippen LogP contribution in [-0.4, -0.2) is 6.71 Å². The molecule has 0 spiro atoms. The molecule has 0 bridgehead atoms. The molecule has 6 aromatic carbocycles. The average molecular weight is 833 g/mol. The summed E-state index contributed by atoms with van der Waals surface area (Å²) >= 11 is 3.88. The van der Waals surface area contributed by atoms with E-state index in [-0.39, 0.29) is 23.0 Å². The average Bonchev–Trinajstić information content (AvgIpc) is 3.79. The van der Waals surface area contributed by atoms with Crippen molar-refractivity contribution in [2.75, 3.05) is 9.80 Å². The molecule has 0 radical (unpaired) electrons. The van der Waals surface area contributed by atoms with Crippen molar-refractivity contribution in [1.29, 1.82) is 0 Å². The Bertz CT molecular complexity index is 3050. The zero-order valence-electron chi connectivity index (χ0n) is 38.2. The van der Waals surface area contributed by atoms with Crippen LogP contribution in [0.3, 0.4) is 0 Å². The molecule has 0 amide bonds. The van der Waals surface area contributed by atoms with Crippen LogP contribution < -0.4 is 25.5 Å². The number of hydrogen-bond acceptors (Lipinski definition) is 4. The highest BCUT2D eigenvalue weighted by atomic mass is 32.1. The number of benzene rings is 6. The standard InChI is InChI=1S/C56H57BN2S2/c1-32-24-45-50-46(25-32)59(51-34(3)26-37(27-35(51)4)49-29-36-16-14-15-17-47(36)60-49)44-22-19-40(56(11,12)13)31-42(44)57(50)53-52(41-30-39(55(8,9)10)20-23-48(41)61-53)58(45)43-21-18-38(28-33(43)2)54(5,6)7/h14-31H,1-13H3. The van der Waals surface area contributed by atoms with Crippen molar-refractivity contribution in [3.8, 4) is 10.4 Å². The normalized spacial score (nSPS) is 13.9. The van der Waals surface area contributed by atoms with Crippen LogP contribution in [0.1, 0.15) is 101 Å². The van der Waals surface area contributed by atoms with E-state index in [0.717, 1.165) is 0 Å². The molecule has 0 N–H and O–H groups in total. The van der Waals surface area contributed by atoms with Crippen LogP contribution in [-0.2, 0) is 16.2 Å². The van der Waals surface area contributed by atoms with Crippen LogP contribution in [0, 0.1) is 27.7 Å². The Kier molecular flexibility index (Phi) is 8.99. The van der Waals surface area contributed by atoms with Gasteiger partial charge in [-0.05, 0) is 165 Å². The Morgan fingerprint density at radius 2 is 1.05 bits per heavy atom. The highest BCUT2D eigenvalue weighted by molar-refractivity contribution is 7.33. The smallest absolute Gasteiger partial charge is 0.264 e. The van der Waals surface area contributed by atoms with Crippen LogP contribution in [0.15, 0.2) is 109 Å². The second-order valence-corrected chi connectivity index (χ2v) is 23.1. The van der Waals surface area contributed by atoms with Crippen LogP contribution in [0.25, 0.3) is 30.6 Å². The largest absolute Gasteiger partial charge is 0.311 e. The van der Waals surface area contributed by atoms with Crippen molar-refractivity contribution >= 4 is 99.4 Å². The SMILES string of the molecule is Cc1cc2c3c(c1)N(c1ccc(C(C)(C)C)cc1C)c1c(sc4ccc(C(C)(C)C)cc14)B3c1cc(C(C)(C)C)ccc1N2c1c(C)cc(-c2cc3ccccc3s2)cc1C. The van der Waals surface area contributed by atoms with Gasteiger partial charge in [0.15, 0.2) is 0 Å². The lowest BCUT2D eigenvalue weighted by molar-refractivity contribution is 0.589. The molecule has 0 atom stereocenters. The van der Waals surface area contributed by atoms with Gasteiger partial charge in [-0.2, -0.15) is 0 Å². The maximum absolute atomic E-state index is 2.66. The van der Waals surface area contributed by atoms with Crippen molar-refractivity contribution in [3.05, 3.63) is 148 Å². The Balaban J connectivity index is 1.28. The molecule has 10 rings (SSSR count). The fourth-order valence-corrected chi connectivity index (χ4v) is 12.3.